The highest BCUT2D eigenvalue weighted by atomic mass is 16.5. The van der Waals surface area contributed by atoms with Gasteiger partial charge in [0, 0.05) is 11.8 Å². The molecule has 34 heavy (non-hydrogen) atoms. The van der Waals surface area contributed by atoms with E-state index in [1.807, 2.05) is 6.92 Å². The summed E-state index contributed by atoms with van der Waals surface area (Å²) >= 11 is 0. The van der Waals surface area contributed by atoms with Crippen LogP contribution in [0.4, 0.5) is 5.69 Å². The third-order valence-electron chi connectivity index (χ3n) is 5.33. The summed E-state index contributed by atoms with van der Waals surface area (Å²) in [4.78, 5) is 28.0. The van der Waals surface area contributed by atoms with Crippen molar-refractivity contribution < 1.29 is 28.2 Å². The van der Waals surface area contributed by atoms with E-state index in [4.69, 9.17) is 18.6 Å². The van der Waals surface area contributed by atoms with E-state index in [9.17, 15) is 9.59 Å². The van der Waals surface area contributed by atoms with E-state index in [1.165, 1.54) is 18.3 Å². The molecule has 0 saturated heterocycles. The summed E-state index contributed by atoms with van der Waals surface area (Å²) in [5.74, 6) is 1.40. The molecule has 8 heteroatoms. The van der Waals surface area contributed by atoms with E-state index in [2.05, 4.69) is 5.32 Å². The fourth-order valence-electron chi connectivity index (χ4n) is 3.66. The van der Waals surface area contributed by atoms with Crippen LogP contribution in [0, 0.1) is 0 Å². The number of rotatable bonds is 10. The van der Waals surface area contributed by atoms with Crippen LogP contribution in [0.1, 0.15) is 24.7 Å². The highest BCUT2D eigenvalue weighted by molar-refractivity contribution is 6.36. The minimum absolute atomic E-state index is 0.0307. The molecular weight excluding hydrogens is 436 g/mol. The molecule has 2 amide bonds. The van der Waals surface area contributed by atoms with E-state index >= 15 is 0 Å². The lowest BCUT2D eigenvalue weighted by molar-refractivity contribution is -0.137. The van der Waals surface area contributed by atoms with Crippen LogP contribution in [0.5, 0.6) is 17.2 Å². The lowest BCUT2D eigenvalue weighted by atomic mass is 10.0. The molecule has 2 aromatic carbocycles. The van der Waals surface area contributed by atoms with Crippen LogP contribution >= 0.6 is 0 Å². The number of ether oxygens (including phenoxy) is 3. The van der Waals surface area contributed by atoms with Gasteiger partial charge >= 0.3 is 0 Å². The van der Waals surface area contributed by atoms with Crippen LogP contribution in [-0.4, -0.2) is 37.5 Å². The maximum atomic E-state index is 13.4. The third-order valence-corrected chi connectivity index (χ3v) is 5.33. The van der Waals surface area contributed by atoms with E-state index in [1.54, 1.807) is 61.7 Å². The van der Waals surface area contributed by atoms with E-state index < -0.39 is 11.8 Å². The third kappa shape index (κ3) is 4.61. The van der Waals surface area contributed by atoms with Crippen molar-refractivity contribution in [1.82, 2.24) is 4.90 Å². The SMILES string of the molecule is CCCOc1ccc(C2=C(Nc3ccc(OC)c(OC)c3)C(=O)N(Cc3ccco3)C2=O)cc1. The van der Waals surface area contributed by atoms with E-state index in [0.717, 1.165) is 6.42 Å². The summed E-state index contributed by atoms with van der Waals surface area (Å²) in [5.41, 5.74) is 1.63. The zero-order chi connectivity index (χ0) is 24.1. The minimum atomic E-state index is -0.447. The molecule has 4 rings (SSSR count). The van der Waals surface area contributed by atoms with E-state index in [0.29, 0.717) is 40.9 Å². The van der Waals surface area contributed by atoms with Crippen LogP contribution in [0.15, 0.2) is 71.0 Å². The maximum absolute atomic E-state index is 13.4. The second-order valence-corrected chi connectivity index (χ2v) is 7.59. The number of furan rings is 1. The molecule has 0 unspecified atom stereocenters. The topological polar surface area (TPSA) is 90.2 Å². The first kappa shape index (κ1) is 23.0. The number of benzene rings is 2. The van der Waals surface area contributed by atoms with Crippen LogP contribution in [0.25, 0.3) is 5.57 Å². The van der Waals surface area contributed by atoms with Gasteiger partial charge in [-0.05, 0) is 48.4 Å². The second kappa shape index (κ2) is 10.2. The van der Waals surface area contributed by atoms with Gasteiger partial charge < -0.3 is 23.9 Å². The van der Waals surface area contributed by atoms with Crippen molar-refractivity contribution in [3.63, 3.8) is 0 Å². The monoisotopic (exact) mass is 462 g/mol. The van der Waals surface area contributed by atoms with Gasteiger partial charge in [-0.3, -0.25) is 14.5 Å². The molecule has 0 atom stereocenters. The van der Waals surface area contributed by atoms with Gasteiger partial charge in [0.05, 0.1) is 39.2 Å². The van der Waals surface area contributed by atoms with Crippen LogP contribution in [-0.2, 0) is 16.1 Å². The first-order chi connectivity index (χ1) is 16.5. The Balaban J connectivity index is 1.71. The molecule has 0 radical (unpaired) electrons. The standard InChI is InChI=1S/C26H26N2O6/c1-4-13-33-19-10-7-17(8-11-19)23-24(27-18-9-12-21(31-2)22(15-18)32-3)26(30)28(25(23)29)16-20-6-5-14-34-20/h5-12,14-15,27H,4,13,16H2,1-3H3. The number of nitrogens with one attached hydrogen (secondary N) is 1. The van der Waals surface area contributed by atoms with Crippen molar-refractivity contribution in [3.8, 4) is 17.2 Å². The number of carbonyl (C=O) groups is 2. The predicted molar refractivity (Wildman–Crippen MR) is 127 cm³/mol. The minimum Gasteiger partial charge on any atom is -0.494 e. The molecule has 0 bridgehead atoms. The van der Waals surface area contributed by atoms with Gasteiger partial charge in [0.15, 0.2) is 11.5 Å². The molecule has 0 saturated carbocycles. The zero-order valence-electron chi connectivity index (χ0n) is 19.3. The first-order valence-electron chi connectivity index (χ1n) is 10.9. The lowest BCUT2D eigenvalue weighted by Crippen LogP contribution is -2.31. The molecule has 2 heterocycles. The fourth-order valence-corrected chi connectivity index (χ4v) is 3.66. The predicted octanol–water partition coefficient (Wildman–Crippen LogP) is 4.48. The Bertz CT molecular complexity index is 1200. The zero-order valence-corrected chi connectivity index (χ0v) is 19.3. The quantitative estimate of drug-likeness (QED) is 0.444. The normalized spacial score (nSPS) is 13.4. The summed E-state index contributed by atoms with van der Waals surface area (Å²) < 4.78 is 21.7. The Hall–Kier alpha value is -4.20. The van der Waals surface area contributed by atoms with Crippen molar-refractivity contribution in [2.75, 3.05) is 26.1 Å². The van der Waals surface area contributed by atoms with Gasteiger partial charge in [0.25, 0.3) is 11.8 Å². The smallest absolute Gasteiger partial charge is 0.278 e. The number of anilines is 1. The Morgan fingerprint density at radius 1 is 0.941 bits per heavy atom. The fraction of sp³-hybridized carbons (Fsp3) is 0.231. The second-order valence-electron chi connectivity index (χ2n) is 7.59. The van der Waals surface area contributed by atoms with Crippen molar-refractivity contribution in [1.29, 1.82) is 0 Å². The highest BCUT2D eigenvalue weighted by Gasteiger charge is 2.39. The molecular formula is C26H26N2O6. The molecule has 176 valence electrons. The van der Waals surface area contributed by atoms with Crippen LogP contribution < -0.4 is 19.5 Å². The first-order valence-corrected chi connectivity index (χ1v) is 10.9. The average molecular weight is 463 g/mol. The van der Waals surface area contributed by atoms with Gasteiger partial charge in [-0.1, -0.05) is 19.1 Å². The van der Waals surface area contributed by atoms with Crippen molar-refractivity contribution in [2.24, 2.45) is 0 Å². The number of carbonyl (C=O) groups excluding carboxylic acids is 2. The number of nitrogens with zero attached hydrogens (tertiary/aromatic N) is 1. The van der Waals surface area contributed by atoms with Gasteiger partial charge in [0.1, 0.15) is 17.2 Å². The molecule has 1 aliphatic heterocycles. The summed E-state index contributed by atoms with van der Waals surface area (Å²) in [5, 5.41) is 3.12. The number of imide groups is 1. The molecule has 0 fully saturated rings. The molecule has 1 aromatic heterocycles. The molecule has 0 spiro atoms. The number of amides is 2. The van der Waals surface area contributed by atoms with Gasteiger partial charge in [-0.2, -0.15) is 0 Å². The Kier molecular flexibility index (Phi) is 6.87. The van der Waals surface area contributed by atoms with Crippen LogP contribution in [0.2, 0.25) is 0 Å². The Morgan fingerprint density at radius 3 is 2.35 bits per heavy atom. The van der Waals surface area contributed by atoms with Crippen LogP contribution in [0.3, 0.4) is 0 Å². The van der Waals surface area contributed by atoms with Crippen molar-refractivity contribution in [2.45, 2.75) is 19.9 Å². The number of methoxy groups -OCH3 is 2. The Morgan fingerprint density at radius 2 is 1.71 bits per heavy atom. The highest BCUT2D eigenvalue weighted by Crippen LogP contribution is 2.35. The lowest BCUT2D eigenvalue weighted by Gasteiger charge is -2.14. The molecule has 0 aliphatic carbocycles. The van der Waals surface area contributed by atoms with Gasteiger partial charge in [-0.15, -0.1) is 0 Å². The van der Waals surface area contributed by atoms with Crippen molar-refractivity contribution in [3.05, 3.63) is 77.9 Å². The largest absolute Gasteiger partial charge is 0.494 e. The van der Waals surface area contributed by atoms with Gasteiger partial charge in [-0.25, -0.2) is 0 Å². The summed E-state index contributed by atoms with van der Waals surface area (Å²) in [6.07, 6.45) is 2.40. The van der Waals surface area contributed by atoms with Gasteiger partial charge in [0.2, 0.25) is 0 Å². The maximum Gasteiger partial charge on any atom is 0.278 e. The number of hydrogen-bond donors (Lipinski definition) is 1. The summed E-state index contributed by atoms with van der Waals surface area (Å²) in [6.45, 7) is 2.66. The van der Waals surface area contributed by atoms with E-state index in [-0.39, 0.29) is 17.8 Å². The molecule has 8 nitrogen and oxygen atoms in total. The molecule has 3 aromatic rings. The molecule has 1 aliphatic rings. The summed E-state index contributed by atoms with van der Waals surface area (Å²) in [7, 11) is 3.08. The van der Waals surface area contributed by atoms with Crippen molar-refractivity contribution >= 4 is 23.1 Å². The Labute approximate surface area is 197 Å². The average Bonchev–Trinajstić information content (AvgIpc) is 3.46. The summed E-state index contributed by atoms with van der Waals surface area (Å²) in [6, 6.07) is 15.8. The molecule has 1 N–H and O–H groups in total. The number of hydrogen-bond acceptors (Lipinski definition) is 7.